The summed E-state index contributed by atoms with van der Waals surface area (Å²) < 4.78 is 1.27. The number of nitrogens with one attached hydrogen (secondary N) is 1. The van der Waals surface area contributed by atoms with Crippen molar-refractivity contribution in [3.05, 3.63) is 46.8 Å². The first-order valence-electron chi connectivity index (χ1n) is 8.44. The van der Waals surface area contributed by atoms with E-state index in [-0.39, 0.29) is 18.1 Å². The fraction of sp³-hybridized carbons (Fsp3) is 0.412. The van der Waals surface area contributed by atoms with Crippen LogP contribution in [0.25, 0.3) is 0 Å². The minimum absolute atomic E-state index is 0.0673. The average Bonchev–Trinajstić information content (AvgIpc) is 2.89. The Morgan fingerprint density at radius 2 is 1.92 bits per heavy atom. The molecule has 0 spiro atoms. The summed E-state index contributed by atoms with van der Waals surface area (Å²) in [6.07, 6.45) is 7.17. The molecule has 1 aromatic heterocycles. The van der Waals surface area contributed by atoms with Crippen LogP contribution in [-0.4, -0.2) is 33.7 Å². The molecule has 0 bridgehead atoms. The molecule has 132 valence electrons. The number of amides is 1. The molecule has 2 heterocycles. The average molecular weight is 343 g/mol. The topological polar surface area (TPSA) is 93.3 Å². The molecule has 2 aromatic rings. The summed E-state index contributed by atoms with van der Waals surface area (Å²) >= 11 is 0. The molecule has 1 aliphatic heterocycles. The van der Waals surface area contributed by atoms with Gasteiger partial charge in [-0.1, -0.05) is 25.0 Å². The number of aromatic nitrogens is 2. The van der Waals surface area contributed by atoms with Gasteiger partial charge in [-0.05, 0) is 25.0 Å². The second kappa shape index (κ2) is 7.78. The molecule has 25 heavy (non-hydrogen) atoms. The van der Waals surface area contributed by atoms with E-state index >= 15 is 0 Å². The molecule has 1 aliphatic rings. The molecule has 1 N–H and O–H groups in total. The lowest BCUT2D eigenvalue weighted by molar-refractivity contribution is -0.385. The third kappa shape index (κ3) is 4.34. The van der Waals surface area contributed by atoms with Gasteiger partial charge in [0.15, 0.2) is 0 Å². The monoisotopic (exact) mass is 343 g/mol. The van der Waals surface area contributed by atoms with Gasteiger partial charge in [0.1, 0.15) is 18.9 Å². The van der Waals surface area contributed by atoms with Crippen LogP contribution < -0.4 is 10.2 Å². The highest BCUT2D eigenvalue weighted by molar-refractivity contribution is 5.94. The van der Waals surface area contributed by atoms with Gasteiger partial charge in [0.05, 0.1) is 16.3 Å². The highest BCUT2D eigenvalue weighted by atomic mass is 16.6. The van der Waals surface area contributed by atoms with Crippen molar-refractivity contribution in [3.63, 3.8) is 0 Å². The fourth-order valence-corrected chi connectivity index (χ4v) is 3.04. The van der Waals surface area contributed by atoms with Crippen molar-refractivity contribution in [2.45, 2.75) is 32.2 Å². The van der Waals surface area contributed by atoms with E-state index in [2.05, 4.69) is 15.3 Å². The van der Waals surface area contributed by atoms with Gasteiger partial charge in [-0.15, -0.1) is 0 Å². The van der Waals surface area contributed by atoms with E-state index in [9.17, 15) is 14.9 Å². The number of nitrogens with zero attached hydrogens (tertiary/aromatic N) is 4. The van der Waals surface area contributed by atoms with Gasteiger partial charge in [-0.3, -0.25) is 19.6 Å². The zero-order chi connectivity index (χ0) is 17.6. The van der Waals surface area contributed by atoms with E-state index in [4.69, 9.17) is 0 Å². The molecule has 8 heteroatoms. The second-order valence-electron chi connectivity index (χ2n) is 6.12. The number of carbonyl (C=O) groups excluding carboxylic acids is 1. The molecule has 0 atom stereocenters. The SMILES string of the molecule is O=C(Cn1cc([N+](=O)[O-])cn1)Nc1ccccc1N1CCCCCC1. The van der Waals surface area contributed by atoms with Crippen molar-refractivity contribution in [2.75, 3.05) is 23.3 Å². The van der Waals surface area contributed by atoms with Crippen molar-refractivity contribution in [2.24, 2.45) is 0 Å². The Hall–Kier alpha value is -2.90. The number of para-hydroxylation sites is 2. The maximum absolute atomic E-state index is 12.3. The van der Waals surface area contributed by atoms with E-state index in [0.717, 1.165) is 43.5 Å². The van der Waals surface area contributed by atoms with Crippen molar-refractivity contribution < 1.29 is 9.72 Å². The predicted octanol–water partition coefficient (Wildman–Crippen LogP) is 2.81. The van der Waals surface area contributed by atoms with Crippen LogP contribution in [0.5, 0.6) is 0 Å². The lowest BCUT2D eigenvalue weighted by atomic mass is 10.2. The first-order valence-corrected chi connectivity index (χ1v) is 8.44. The summed E-state index contributed by atoms with van der Waals surface area (Å²) in [5.74, 6) is -0.264. The standard InChI is InChI=1S/C17H21N5O3/c23-17(13-21-12-14(11-18-21)22(24)25)19-15-7-3-4-8-16(15)20-9-5-1-2-6-10-20/h3-4,7-8,11-12H,1-2,5-6,9-10,13H2,(H,19,23). The van der Waals surface area contributed by atoms with Gasteiger partial charge >= 0.3 is 5.69 Å². The predicted molar refractivity (Wildman–Crippen MR) is 94.6 cm³/mol. The van der Waals surface area contributed by atoms with E-state index in [1.165, 1.54) is 23.7 Å². The summed E-state index contributed by atoms with van der Waals surface area (Å²) in [6.45, 7) is 1.90. The Morgan fingerprint density at radius 1 is 1.20 bits per heavy atom. The quantitative estimate of drug-likeness (QED) is 0.665. The van der Waals surface area contributed by atoms with Crippen LogP contribution in [0.3, 0.4) is 0 Å². The minimum Gasteiger partial charge on any atom is -0.370 e. The molecule has 1 aromatic carbocycles. The number of rotatable bonds is 5. The molecule has 0 saturated carbocycles. The van der Waals surface area contributed by atoms with Crippen molar-refractivity contribution in [3.8, 4) is 0 Å². The number of carbonyl (C=O) groups is 1. The Labute approximate surface area is 145 Å². The van der Waals surface area contributed by atoms with Gasteiger partial charge in [-0.2, -0.15) is 5.10 Å². The minimum atomic E-state index is -0.532. The second-order valence-corrected chi connectivity index (χ2v) is 6.12. The number of hydrogen-bond donors (Lipinski definition) is 1. The van der Waals surface area contributed by atoms with Crippen molar-refractivity contribution in [1.82, 2.24) is 9.78 Å². The number of nitro groups is 1. The lowest BCUT2D eigenvalue weighted by Crippen LogP contribution is -2.26. The highest BCUT2D eigenvalue weighted by Gasteiger charge is 2.16. The van der Waals surface area contributed by atoms with Gasteiger partial charge < -0.3 is 10.2 Å². The highest BCUT2D eigenvalue weighted by Crippen LogP contribution is 2.28. The summed E-state index contributed by atoms with van der Waals surface area (Å²) in [7, 11) is 0. The van der Waals surface area contributed by atoms with Crippen LogP contribution in [0, 0.1) is 10.1 Å². The van der Waals surface area contributed by atoms with Crippen LogP contribution in [-0.2, 0) is 11.3 Å². The van der Waals surface area contributed by atoms with E-state index < -0.39 is 4.92 Å². The zero-order valence-corrected chi connectivity index (χ0v) is 13.9. The Bertz CT molecular complexity index is 750. The third-order valence-corrected chi connectivity index (χ3v) is 4.26. The molecule has 3 rings (SSSR count). The van der Waals surface area contributed by atoms with Crippen LogP contribution in [0.15, 0.2) is 36.7 Å². The first kappa shape index (κ1) is 16.9. The van der Waals surface area contributed by atoms with Crippen molar-refractivity contribution >= 4 is 23.0 Å². The fourth-order valence-electron chi connectivity index (χ4n) is 3.04. The molecule has 0 aliphatic carbocycles. The van der Waals surface area contributed by atoms with Gasteiger partial charge in [-0.25, -0.2) is 0 Å². The van der Waals surface area contributed by atoms with Crippen LogP contribution >= 0.6 is 0 Å². The number of benzene rings is 1. The summed E-state index contributed by atoms with van der Waals surface area (Å²) in [4.78, 5) is 24.8. The molecule has 1 amide bonds. The summed E-state index contributed by atoms with van der Waals surface area (Å²) in [6, 6.07) is 7.74. The van der Waals surface area contributed by atoms with E-state index in [1.807, 2.05) is 24.3 Å². The van der Waals surface area contributed by atoms with Gasteiger partial charge in [0, 0.05) is 13.1 Å². The smallest absolute Gasteiger partial charge is 0.307 e. The molecular weight excluding hydrogens is 322 g/mol. The third-order valence-electron chi connectivity index (χ3n) is 4.26. The summed E-state index contributed by atoms with van der Waals surface area (Å²) in [5, 5.41) is 17.4. The normalized spacial score (nSPS) is 14.8. The van der Waals surface area contributed by atoms with Gasteiger partial charge in [0.25, 0.3) is 0 Å². The maximum atomic E-state index is 12.3. The van der Waals surface area contributed by atoms with Crippen molar-refractivity contribution in [1.29, 1.82) is 0 Å². The number of hydrogen-bond acceptors (Lipinski definition) is 5. The molecule has 0 unspecified atom stereocenters. The van der Waals surface area contributed by atoms with E-state index in [0.29, 0.717) is 0 Å². The molecule has 0 radical (unpaired) electrons. The molecular formula is C17H21N5O3. The van der Waals surface area contributed by atoms with Crippen LogP contribution in [0.2, 0.25) is 0 Å². The largest absolute Gasteiger partial charge is 0.370 e. The van der Waals surface area contributed by atoms with E-state index in [1.54, 1.807) is 0 Å². The Morgan fingerprint density at radius 3 is 2.60 bits per heavy atom. The summed E-state index contributed by atoms with van der Waals surface area (Å²) in [5.41, 5.74) is 1.65. The maximum Gasteiger partial charge on any atom is 0.307 e. The number of anilines is 2. The van der Waals surface area contributed by atoms with Crippen LogP contribution in [0.4, 0.5) is 17.1 Å². The van der Waals surface area contributed by atoms with Gasteiger partial charge in [0.2, 0.25) is 5.91 Å². The molecule has 1 fully saturated rings. The van der Waals surface area contributed by atoms with Crippen LogP contribution in [0.1, 0.15) is 25.7 Å². The molecule has 8 nitrogen and oxygen atoms in total. The first-order chi connectivity index (χ1) is 12.1. The Kier molecular flexibility index (Phi) is 5.27. The molecule has 1 saturated heterocycles. The Balaban J connectivity index is 1.69. The zero-order valence-electron chi connectivity index (χ0n) is 13.9. The lowest BCUT2D eigenvalue weighted by Gasteiger charge is -2.25.